The van der Waals surface area contributed by atoms with E-state index in [1.54, 1.807) is 31.2 Å². The van der Waals surface area contributed by atoms with Gasteiger partial charge in [-0.15, -0.1) is 0 Å². The Balaban J connectivity index is 2.04. The average Bonchev–Trinajstić information content (AvgIpc) is 2.86. The summed E-state index contributed by atoms with van der Waals surface area (Å²) in [5.74, 6) is -0.287. The summed E-state index contributed by atoms with van der Waals surface area (Å²) in [6, 6.07) is 7.94. The standard InChI is InChI=1S/C14H14FNO3/c1-2-18-14(17)8-7-10-9-13(19-16-10)11-5-3-4-6-12(11)15/h3-6,9H,2,7-8H2,1H3. The Hall–Kier alpha value is -2.17. The van der Waals surface area contributed by atoms with Gasteiger partial charge >= 0.3 is 5.97 Å². The zero-order valence-corrected chi connectivity index (χ0v) is 10.6. The monoisotopic (exact) mass is 263 g/mol. The minimum Gasteiger partial charge on any atom is -0.466 e. The van der Waals surface area contributed by atoms with E-state index in [9.17, 15) is 9.18 Å². The van der Waals surface area contributed by atoms with Crippen LogP contribution in [0.5, 0.6) is 0 Å². The van der Waals surface area contributed by atoms with Crippen LogP contribution in [0, 0.1) is 5.82 Å². The van der Waals surface area contributed by atoms with Crippen molar-refractivity contribution in [1.29, 1.82) is 0 Å². The number of nitrogens with zero attached hydrogens (tertiary/aromatic N) is 1. The summed E-state index contributed by atoms with van der Waals surface area (Å²) in [6.45, 7) is 2.11. The van der Waals surface area contributed by atoms with Crippen LogP contribution in [0.3, 0.4) is 0 Å². The zero-order valence-electron chi connectivity index (χ0n) is 10.6. The highest BCUT2D eigenvalue weighted by molar-refractivity contribution is 5.69. The van der Waals surface area contributed by atoms with Crippen LogP contribution >= 0.6 is 0 Å². The third kappa shape index (κ3) is 3.40. The molecule has 0 atom stereocenters. The summed E-state index contributed by atoms with van der Waals surface area (Å²) >= 11 is 0. The molecule has 0 saturated heterocycles. The summed E-state index contributed by atoms with van der Waals surface area (Å²) in [5, 5.41) is 3.82. The molecule has 0 amide bonds. The second kappa shape index (κ2) is 6.13. The first-order valence-electron chi connectivity index (χ1n) is 6.07. The molecule has 1 aromatic carbocycles. The molecule has 0 radical (unpaired) electrons. The van der Waals surface area contributed by atoms with Crippen LogP contribution in [0.1, 0.15) is 19.0 Å². The number of benzene rings is 1. The first-order chi connectivity index (χ1) is 9.20. The zero-order chi connectivity index (χ0) is 13.7. The molecule has 0 aliphatic carbocycles. The Morgan fingerprint density at radius 3 is 2.95 bits per heavy atom. The topological polar surface area (TPSA) is 52.3 Å². The maximum Gasteiger partial charge on any atom is 0.306 e. The van der Waals surface area contributed by atoms with Gasteiger partial charge in [0.25, 0.3) is 0 Å². The fourth-order valence-corrected chi connectivity index (χ4v) is 1.68. The third-order valence-corrected chi connectivity index (χ3v) is 2.59. The van der Waals surface area contributed by atoms with E-state index >= 15 is 0 Å². The quantitative estimate of drug-likeness (QED) is 0.778. The third-order valence-electron chi connectivity index (χ3n) is 2.59. The maximum absolute atomic E-state index is 13.5. The average molecular weight is 263 g/mol. The number of hydrogen-bond acceptors (Lipinski definition) is 4. The Bertz CT molecular complexity index is 565. The van der Waals surface area contributed by atoms with Gasteiger partial charge < -0.3 is 9.26 Å². The molecule has 2 rings (SSSR count). The van der Waals surface area contributed by atoms with Gasteiger partial charge in [-0.3, -0.25) is 4.79 Å². The van der Waals surface area contributed by atoms with Crippen molar-refractivity contribution >= 4 is 5.97 Å². The highest BCUT2D eigenvalue weighted by atomic mass is 19.1. The van der Waals surface area contributed by atoms with E-state index in [-0.39, 0.29) is 18.2 Å². The van der Waals surface area contributed by atoms with E-state index in [4.69, 9.17) is 9.26 Å². The minimum atomic E-state index is -0.365. The van der Waals surface area contributed by atoms with Crippen LogP contribution in [0.25, 0.3) is 11.3 Å². The molecule has 19 heavy (non-hydrogen) atoms. The molecule has 2 aromatic rings. The van der Waals surface area contributed by atoms with E-state index in [1.807, 2.05) is 0 Å². The highest BCUT2D eigenvalue weighted by Crippen LogP contribution is 2.23. The summed E-state index contributed by atoms with van der Waals surface area (Å²) in [6.07, 6.45) is 0.647. The lowest BCUT2D eigenvalue weighted by molar-refractivity contribution is -0.143. The Labute approximate surface area is 110 Å². The second-order valence-corrected chi connectivity index (χ2v) is 3.97. The lowest BCUT2D eigenvalue weighted by Gasteiger charge is -1.98. The SMILES string of the molecule is CCOC(=O)CCc1cc(-c2ccccc2F)on1. The fraction of sp³-hybridized carbons (Fsp3) is 0.286. The van der Waals surface area contributed by atoms with Gasteiger partial charge in [0.15, 0.2) is 5.76 Å². The number of ether oxygens (including phenoxy) is 1. The molecule has 1 aromatic heterocycles. The molecule has 0 unspecified atom stereocenters. The smallest absolute Gasteiger partial charge is 0.306 e. The van der Waals surface area contributed by atoms with Crippen LogP contribution in [0.4, 0.5) is 4.39 Å². The molecule has 0 fully saturated rings. The van der Waals surface area contributed by atoms with Crippen molar-refractivity contribution in [1.82, 2.24) is 5.16 Å². The number of carbonyl (C=O) groups is 1. The molecule has 0 bridgehead atoms. The van der Waals surface area contributed by atoms with E-state index < -0.39 is 0 Å². The van der Waals surface area contributed by atoms with Gasteiger partial charge in [0.05, 0.1) is 24.3 Å². The summed E-state index contributed by atoms with van der Waals surface area (Å²) in [7, 11) is 0. The van der Waals surface area contributed by atoms with Crippen molar-refractivity contribution in [3.05, 3.63) is 41.8 Å². The van der Waals surface area contributed by atoms with Crippen molar-refractivity contribution in [3.8, 4) is 11.3 Å². The number of carbonyl (C=O) groups excluding carboxylic acids is 1. The Kier molecular flexibility index (Phi) is 4.28. The van der Waals surface area contributed by atoms with Crippen LogP contribution in [-0.4, -0.2) is 17.7 Å². The molecule has 100 valence electrons. The number of esters is 1. The molecule has 5 heteroatoms. The van der Waals surface area contributed by atoms with E-state index in [2.05, 4.69) is 5.16 Å². The maximum atomic E-state index is 13.5. The molecule has 0 aliphatic heterocycles. The van der Waals surface area contributed by atoms with Crippen LogP contribution in [-0.2, 0) is 16.0 Å². The number of rotatable bonds is 5. The van der Waals surface area contributed by atoms with Gasteiger partial charge in [-0.2, -0.15) is 0 Å². The molecular weight excluding hydrogens is 249 g/mol. The van der Waals surface area contributed by atoms with Gasteiger partial charge in [0.2, 0.25) is 0 Å². The van der Waals surface area contributed by atoms with E-state index in [1.165, 1.54) is 6.07 Å². The van der Waals surface area contributed by atoms with Gasteiger partial charge in [0, 0.05) is 12.5 Å². The number of aryl methyl sites for hydroxylation is 1. The largest absolute Gasteiger partial charge is 0.466 e. The van der Waals surface area contributed by atoms with Crippen LogP contribution in [0.2, 0.25) is 0 Å². The van der Waals surface area contributed by atoms with Crippen molar-refractivity contribution in [3.63, 3.8) is 0 Å². The number of aromatic nitrogens is 1. The molecule has 0 aliphatic rings. The molecule has 0 spiro atoms. The Morgan fingerprint density at radius 1 is 1.42 bits per heavy atom. The molecule has 0 saturated carbocycles. The minimum absolute atomic E-state index is 0.233. The predicted octanol–water partition coefficient (Wildman–Crippen LogP) is 2.98. The van der Waals surface area contributed by atoms with Gasteiger partial charge in [-0.1, -0.05) is 17.3 Å². The van der Waals surface area contributed by atoms with E-state index in [0.29, 0.717) is 30.0 Å². The summed E-state index contributed by atoms with van der Waals surface area (Å²) in [4.78, 5) is 11.2. The first-order valence-corrected chi connectivity index (χ1v) is 6.07. The van der Waals surface area contributed by atoms with Gasteiger partial charge in [-0.25, -0.2) is 4.39 Å². The lowest BCUT2D eigenvalue weighted by atomic mass is 10.1. The second-order valence-electron chi connectivity index (χ2n) is 3.97. The molecular formula is C14H14FNO3. The van der Waals surface area contributed by atoms with Crippen LogP contribution in [0.15, 0.2) is 34.9 Å². The molecule has 0 N–H and O–H groups in total. The summed E-state index contributed by atoms with van der Waals surface area (Å²) < 4.78 is 23.4. The first kappa shape index (κ1) is 13.3. The van der Waals surface area contributed by atoms with Gasteiger partial charge in [0.1, 0.15) is 5.82 Å². The van der Waals surface area contributed by atoms with Gasteiger partial charge in [-0.05, 0) is 19.1 Å². The molecule has 1 heterocycles. The van der Waals surface area contributed by atoms with Crippen LogP contribution < -0.4 is 0 Å². The summed E-state index contributed by atoms with van der Waals surface area (Å²) in [5.41, 5.74) is 0.962. The highest BCUT2D eigenvalue weighted by Gasteiger charge is 2.12. The van der Waals surface area contributed by atoms with E-state index in [0.717, 1.165) is 0 Å². The number of halogens is 1. The van der Waals surface area contributed by atoms with Crippen molar-refractivity contribution in [2.24, 2.45) is 0 Å². The van der Waals surface area contributed by atoms with Crippen molar-refractivity contribution < 1.29 is 18.4 Å². The number of hydrogen-bond donors (Lipinski definition) is 0. The Morgan fingerprint density at radius 2 is 2.21 bits per heavy atom. The fourth-order valence-electron chi connectivity index (χ4n) is 1.68. The van der Waals surface area contributed by atoms with Crippen molar-refractivity contribution in [2.45, 2.75) is 19.8 Å². The normalized spacial score (nSPS) is 10.4. The molecule has 4 nitrogen and oxygen atoms in total. The predicted molar refractivity (Wildman–Crippen MR) is 66.9 cm³/mol. The lowest BCUT2D eigenvalue weighted by Crippen LogP contribution is -2.05. The van der Waals surface area contributed by atoms with Crippen molar-refractivity contribution in [2.75, 3.05) is 6.61 Å².